The Labute approximate surface area is 127 Å². The zero-order chi connectivity index (χ0) is 15.9. The fourth-order valence-electron chi connectivity index (χ4n) is 2.19. The van der Waals surface area contributed by atoms with E-state index >= 15 is 0 Å². The third-order valence-electron chi connectivity index (χ3n) is 3.52. The lowest BCUT2D eigenvalue weighted by Gasteiger charge is -2.34. The minimum absolute atomic E-state index is 0.000409. The van der Waals surface area contributed by atoms with Crippen molar-refractivity contribution in [3.05, 3.63) is 12.7 Å². The number of carbonyl (C=O) groups excluding carboxylic acids is 2. The fourth-order valence-corrected chi connectivity index (χ4v) is 2.19. The molecule has 0 atom stereocenters. The van der Waals surface area contributed by atoms with Gasteiger partial charge in [-0.2, -0.15) is 0 Å². The number of amides is 2. The summed E-state index contributed by atoms with van der Waals surface area (Å²) in [6, 6.07) is 0. The average molecular weight is 296 g/mol. The normalized spacial score (nSPS) is 16.6. The summed E-state index contributed by atoms with van der Waals surface area (Å²) in [6.45, 7) is 11.1. The highest BCUT2D eigenvalue weighted by atomic mass is 16.2. The molecule has 0 radical (unpaired) electrons. The molecule has 0 aromatic heterocycles. The van der Waals surface area contributed by atoms with Gasteiger partial charge < -0.3 is 16.0 Å². The van der Waals surface area contributed by atoms with E-state index in [4.69, 9.17) is 5.73 Å². The molecule has 0 aromatic carbocycles. The summed E-state index contributed by atoms with van der Waals surface area (Å²) in [6.07, 6.45) is 2.84. The lowest BCUT2D eigenvalue weighted by atomic mass is 9.99. The van der Waals surface area contributed by atoms with Crippen LogP contribution in [0.1, 0.15) is 26.7 Å². The molecule has 1 heterocycles. The highest BCUT2D eigenvalue weighted by Gasteiger charge is 2.23. The Kier molecular flexibility index (Phi) is 6.84. The smallest absolute Gasteiger partial charge is 0.234 e. The fraction of sp³-hybridized carbons (Fsp3) is 0.733. The lowest BCUT2D eigenvalue weighted by Crippen LogP contribution is -2.51. The summed E-state index contributed by atoms with van der Waals surface area (Å²) in [5.74, 6) is 0.156. The van der Waals surface area contributed by atoms with Gasteiger partial charge in [0.2, 0.25) is 11.8 Å². The van der Waals surface area contributed by atoms with E-state index in [0.717, 1.165) is 13.1 Å². The van der Waals surface area contributed by atoms with Crippen LogP contribution in [0.15, 0.2) is 12.7 Å². The van der Waals surface area contributed by atoms with Crippen LogP contribution in [0.4, 0.5) is 0 Å². The van der Waals surface area contributed by atoms with Crippen LogP contribution in [0.2, 0.25) is 0 Å². The number of carbonyl (C=O) groups is 2. The maximum absolute atomic E-state index is 12.1. The summed E-state index contributed by atoms with van der Waals surface area (Å²) >= 11 is 0. The number of piperazine rings is 1. The highest BCUT2D eigenvalue weighted by molar-refractivity contribution is 5.78. The molecular formula is C15H28N4O2. The molecule has 1 fully saturated rings. The standard InChI is InChI=1S/C15H28N4O2/c1-4-7-17-13(20)12-18-8-10-19(11-9-18)14(21)5-6-15(2,3)16/h4H,1,5-12,16H2,2-3H3,(H,17,20). The van der Waals surface area contributed by atoms with E-state index < -0.39 is 0 Å². The second-order valence-corrected chi connectivity index (χ2v) is 6.24. The number of nitrogens with two attached hydrogens (primary N) is 1. The van der Waals surface area contributed by atoms with Gasteiger partial charge in [-0.3, -0.25) is 14.5 Å². The first kappa shape index (κ1) is 17.7. The van der Waals surface area contributed by atoms with E-state index in [2.05, 4.69) is 16.8 Å². The number of rotatable bonds is 7. The van der Waals surface area contributed by atoms with Crippen molar-refractivity contribution in [2.45, 2.75) is 32.2 Å². The van der Waals surface area contributed by atoms with Gasteiger partial charge in [-0.05, 0) is 20.3 Å². The molecule has 0 unspecified atom stereocenters. The molecule has 3 N–H and O–H groups in total. The predicted molar refractivity (Wildman–Crippen MR) is 83.7 cm³/mol. The number of hydrogen-bond acceptors (Lipinski definition) is 4. The topological polar surface area (TPSA) is 78.7 Å². The Hall–Kier alpha value is -1.40. The maximum Gasteiger partial charge on any atom is 0.234 e. The third kappa shape index (κ3) is 7.24. The largest absolute Gasteiger partial charge is 0.352 e. The molecule has 1 aliphatic rings. The van der Waals surface area contributed by atoms with Gasteiger partial charge in [-0.25, -0.2) is 0 Å². The van der Waals surface area contributed by atoms with Crippen LogP contribution in [0.25, 0.3) is 0 Å². The molecule has 6 heteroatoms. The number of nitrogens with zero attached hydrogens (tertiary/aromatic N) is 2. The number of hydrogen-bond donors (Lipinski definition) is 2. The molecule has 1 rings (SSSR count). The van der Waals surface area contributed by atoms with Gasteiger partial charge in [-0.1, -0.05) is 6.08 Å². The minimum Gasteiger partial charge on any atom is -0.352 e. The molecule has 0 bridgehead atoms. The highest BCUT2D eigenvalue weighted by Crippen LogP contribution is 2.10. The molecule has 1 saturated heterocycles. The van der Waals surface area contributed by atoms with Crippen molar-refractivity contribution in [2.24, 2.45) is 5.73 Å². The Bertz CT molecular complexity index is 368. The van der Waals surface area contributed by atoms with E-state index in [1.165, 1.54) is 0 Å². The molecule has 120 valence electrons. The molecule has 0 aliphatic carbocycles. The quantitative estimate of drug-likeness (QED) is 0.646. The first-order valence-electron chi connectivity index (χ1n) is 7.48. The summed E-state index contributed by atoms with van der Waals surface area (Å²) in [5, 5.41) is 2.76. The van der Waals surface area contributed by atoms with Crippen molar-refractivity contribution < 1.29 is 9.59 Å². The molecule has 0 spiro atoms. The van der Waals surface area contributed by atoms with Crippen molar-refractivity contribution in [1.29, 1.82) is 0 Å². The maximum atomic E-state index is 12.1. The predicted octanol–water partition coefficient (Wildman–Crippen LogP) is -0.0497. The Morgan fingerprint density at radius 3 is 2.43 bits per heavy atom. The van der Waals surface area contributed by atoms with Crippen LogP contribution in [0.5, 0.6) is 0 Å². The molecule has 0 saturated carbocycles. The number of nitrogens with one attached hydrogen (secondary N) is 1. The van der Waals surface area contributed by atoms with Crippen molar-refractivity contribution in [3.8, 4) is 0 Å². The summed E-state index contributed by atoms with van der Waals surface area (Å²) in [4.78, 5) is 27.6. The second kappa shape index (κ2) is 8.14. The molecule has 0 aromatic rings. The molecule has 21 heavy (non-hydrogen) atoms. The summed E-state index contributed by atoms with van der Waals surface area (Å²) < 4.78 is 0. The Morgan fingerprint density at radius 1 is 1.29 bits per heavy atom. The van der Waals surface area contributed by atoms with Gasteiger partial charge in [0, 0.05) is 44.7 Å². The van der Waals surface area contributed by atoms with Crippen molar-refractivity contribution in [2.75, 3.05) is 39.3 Å². The lowest BCUT2D eigenvalue weighted by molar-refractivity contribution is -0.133. The Morgan fingerprint density at radius 2 is 1.90 bits per heavy atom. The summed E-state index contributed by atoms with van der Waals surface area (Å²) in [5.41, 5.74) is 5.59. The first-order valence-corrected chi connectivity index (χ1v) is 7.48. The summed E-state index contributed by atoms with van der Waals surface area (Å²) in [7, 11) is 0. The van der Waals surface area contributed by atoms with E-state index in [-0.39, 0.29) is 17.4 Å². The van der Waals surface area contributed by atoms with Crippen LogP contribution in [-0.2, 0) is 9.59 Å². The third-order valence-corrected chi connectivity index (χ3v) is 3.52. The SMILES string of the molecule is C=CCNC(=O)CN1CCN(C(=O)CCC(C)(C)N)CC1. The van der Waals surface area contributed by atoms with Crippen LogP contribution in [0.3, 0.4) is 0 Å². The monoisotopic (exact) mass is 296 g/mol. The van der Waals surface area contributed by atoms with E-state index in [1.54, 1.807) is 6.08 Å². The molecular weight excluding hydrogens is 268 g/mol. The minimum atomic E-state index is -0.305. The van der Waals surface area contributed by atoms with Crippen molar-refractivity contribution in [3.63, 3.8) is 0 Å². The molecule has 1 aliphatic heterocycles. The molecule has 2 amide bonds. The Balaban J connectivity index is 2.26. The van der Waals surface area contributed by atoms with Crippen LogP contribution in [0, 0.1) is 0 Å². The van der Waals surface area contributed by atoms with E-state index in [0.29, 0.717) is 39.0 Å². The average Bonchev–Trinajstić information content (AvgIpc) is 2.42. The van der Waals surface area contributed by atoms with Crippen LogP contribution >= 0.6 is 0 Å². The van der Waals surface area contributed by atoms with E-state index in [9.17, 15) is 9.59 Å². The van der Waals surface area contributed by atoms with Crippen molar-refractivity contribution >= 4 is 11.8 Å². The van der Waals surface area contributed by atoms with Gasteiger partial charge >= 0.3 is 0 Å². The van der Waals surface area contributed by atoms with Gasteiger partial charge in [-0.15, -0.1) is 6.58 Å². The second-order valence-electron chi connectivity index (χ2n) is 6.24. The van der Waals surface area contributed by atoms with Gasteiger partial charge in [0.05, 0.1) is 6.54 Å². The van der Waals surface area contributed by atoms with Gasteiger partial charge in [0.25, 0.3) is 0 Å². The van der Waals surface area contributed by atoms with Crippen molar-refractivity contribution in [1.82, 2.24) is 15.1 Å². The van der Waals surface area contributed by atoms with Crippen LogP contribution in [-0.4, -0.2) is 66.4 Å². The molecule has 6 nitrogen and oxygen atoms in total. The van der Waals surface area contributed by atoms with Crippen LogP contribution < -0.4 is 11.1 Å². The van der Waals surface area contributed by atoms with Gasteiger partial charge in [0.1, 0.15) is 0 Å². The zero-order valence-electron chi connectivity index (χ0n) is 13.2. The zero-order valence-corrected chi connectivity index (χ0v) is 13.2. The first-order chi connectivity index (χ1) is 9.81. The van der Waals surface area contributed by atoms with Gasteiger partial charge in [0.15, 0.2) is 0 Å². The van der Waals surface area contributed by atoms with E-state index in [1.807, 2.05) is 18.7 Å².